The molecule has 0 aliphatic rings. The molecular weight excluding hydrogens is 376 g/mol. The standard InChI is InChI=1S/C22H19ClN2O3/c1-14-7-9-15(10-8-14)21(26)24-16-11-12-19(20(13-16)28-2)25-22(27)17-5-3-4-6-18(17)23/h3-13H,1-2H3,(H,24,26)(H,25,27). The van der Waals surface area contributed by atoms with Crippen molar-refractivity contribution in [3.05, 3.63) is 88.4 Å². The van der Waals surface area contributed by atoms with Crippen LogP contribution in [0.4, 0.5) is 11.4 Å². The first-order valence-corrected chi connectivity index (χ1v) is 8.97. The van der Waals surface area contributed by atoms with Gasteiger partial charge >= 0.3 is 0 Å². The molecule has 6 heteroatoms. The van der Waals surface area contributed by atoms with Gasteiger partial charge in [0.25, 0.3) is 11.8 Å². The van der Waals surface area contributed by atoms with Crippen LogP contribution in [0, 0.1) is 6.92 Å². The van der Waals surface area contributed by atoms with E-state index in [0.717, 1.165) is 5.56 Å². The number of amides is 2. The SMILES string of the molecule is COc1cc(NC(=O)c2ccc(C)cc2)ccc1NC(=O)c1ccccc1Cl. The number of benzene rings is 3. The van der Waals surface area contributed by atoms with Crippen molar-refractivity contribution in [2.45, 2.75) is 6.92 Å². The molecule has 0 saturated heterocycles. The van der Waals surface area contributed by atoms with E-state index in [4.69, 9.17) is 16.3 Å². The Hall–Kier alpha value is -3.31. The number of aryl methyl sites for hydroxylation is 1. The summed E-state index contributed by atoms with van der Waals surface area (Å²) in [5, 5.41) is 5.96. The van der Waals surface area contributed by atoms with Crippen LogP contribution in [-0.4, -0.2) is 18.9 Å². The number of carbonyl (C=O) groups excluding carboxylic acids is 2. The highest BCUT2D eigenvalue weighted by Gasteiger charge is 2.14. The fourth-order valence-corrected chi connectivity index (χ4v) is 2.84. The van der Waals surface area contributed by atoms with E-state index in [1.165, 1.54) is 7.11 Å². The predicted molar refractivity (Wildman–Crippen MR) is 112 cm³/mol. The van der Waals surface area contributed by atoms with Gasteiger partial charge in [0.2, 0.25) is 0 Å². The third-order valence-electron chi connectivity index (χ3n) is 4.14. The summed E-state index contributed by atoms with van der Waals surface area (Å²) in [4.78, 5) is 24.8. The molecule has 3 rings (SSSR count). The maximum absolute atomic E-state index is 12.5. The van der Waals surface area contributed by atoms with Gasteiger partial charge in [0, 0.05) is 17.3 Å². The van der Waals surface area contributed by atoms with Crippen LogP contribution in [0.15, 0.2) is 66.7 Å². The molecular formula is C22H19ClN2O3. The second-order valence-electron chi connectivity index (χ2n) is 6.17. The summed E-state index contributed by atoms with van der Waals surface area (Å²) in [6, 6.07) is 19.1. The molecule has 5 nitrogen and oxygen atoms in total. The van der Waals surface area contributed by atoms with Crippen LogP contribution in [0.1, 0.15) is 26.3 Å². The van der Waals surface area contributed by atoms with Crippen LogP contribution in [0.5, 0.6) is 5.75 Å². The highest BCUT2D eigenvalue weighted by atomic mass is 35.5. The van der Waals surface area contributed by atoms with Crippen LogP contribution < -0.4 is 15.4 Å². The molecule has 0 aliphatic carbocycles. The lowest BCUT2D eigenvalue weighted by molar-refractivity contribution is 0.101. The van der Waals surface area contributed by atoms with E-state index in [0.29, 0.717) is 33.3 Å². The van der Waals surface area contributed by atoms with E-state index in [-0.39, 0.29) is 11.8 Å². The third kappa shape index (κ3) is 4.50. The number of rotatable bonds is 5. The average Bonchev–Trinajstić information content (AvgIpc) is 2.69. The molecule has 142 valence electrons. The minimum Gasteiger partial charge on any atom is -0.494 e. The van der Waals surface area contributed by atoms with Crippen LogP contribution in [-0.2, 0) is 0 Å². The minimum atomic E-state index is -0.347. The van der Waals surface area contributed by atoms with E-state index in [1.54, 1.807) is 54.6 Å². The Morgan fingerprint density at radius 1 is 0.893 bits per heavy atom. The molecule has 0 fully saturated rings. The highest BCUT2D eigenvalue weighted by Crippen LogP contribution is 2.29. The van der Waals surface area contributed by atoms with Gasteiger partial charge in [-0.1, -0.05) is 41.4 Å². The molecule has 28 heavy (non-hydrogen) atoms. The van der Waals surface area contributed by atoms with Crippen molar-refractivity contribution in [3.63, 3.8) is 0 Å². The Morgan fingerprint density at radius 3 is 2.29 bits per heavy atom. The zero-order valence-corrected chi connectivity index (χ0v) is 16.2. The lowest BCUT2D eigenvalue weighted by Gasteiger charge is -2.13. The molecule has 0 heterocycles. The number of carbonyl (C=O) groups is 2. The summed E-state index contributed by atoms with van der Waals surface area (Å²) in [6.07, 6.45) is 0. The maximum Gasteiger partial charge on any atom is 0.257 e. The molecule has 2 N–H and O–H groups in total. The fraction of sp³-hybridized carbons (Fsp3) is 0.0909. The molecule has 0 unspecified atom stereocenters. The summed E-state index contributed by atoms with van der Waals surface area (Å²) >= 11 is 6.07. The zero-order valence-electron chi connectivity index (χ0n) is 15.5. The normalized spacial score (nSPS) is 10.2. The molecule has 0 atom stereocenters. The van der Waals surface area contributed by atoms with E-state index < -0.39 is 0 Å². The predicted octanol–water partition coefficient (Wildman–Crippen LogP) is 5.16. The van der Waals surface area contributed by atoms with Crippen LogP contribution in [0.3, 0.4) is 0 Å². The Morgan fingerprint density at radius 2 is 1.61 bits per heavy atom. The number of nitrogens with one attached hydrogen (secondary N) is 2. The second kappa shape index (κ2) is 8.59. The van der Waals surface area contributed by atoms with Gasteiger partial charge in [0.05, 0.1) is 23.4 Å². The molecule has 0 aliphatic heterocycles. The first kappa shape index (κ1) is 19.5. The van der Waals surface area contributed by atoms with E-state index in [2.05, 4.69) is 10.6 Å². The van der Waals surface area contributed by atoms with Gasteiger partial charge in [0.15, 0.2) is 0 Å². The van der Waals surface area contributed by atoms with Gasteiger partial charge in [-0.05, 0) is 43.3 Å². The lowest BCUT2D eigenvalue weighted by Crippen LogP contribution is -2.14. The smallest absolute Gasteiger partial charge is 0.257 e. The summed E-state index contributed by atoms with van der Waals surface area (Å²) in [5.41, 5.74) is 3.03. The van der Waals surface area contributed by atoms with Gasteiger partial charge in [-0.3, -0.25) is 9.59 Å². The van der Waals surface area contributed by atoms with Crippen molar-refractivity contribution in [1.29, 1.82) is 0 Å². The van der Waals surface area contributed by atoms with Crippen molar-refractivity contribution < 1.29 is 14.3 Å². The van der Waals surface area contributed by atoms with Gasteiger partial charge in [-0.2, -0.15) is 0 Å². The average molecular weight is 395 g/mol. The van der Waals surface area contributed by atoms with E-state index in [1.807, 2.05) is 19.1 Å². The number of methoxy groups -OCH3 is 1. The summed E-state index contributed by atoms with van der Waals surface area (Å²) < 4.78 is 5.36. The molecule has 0 bridgehead atoms. The summed E-state index contributed by atoms with van der Waals surface area (Å²) in [6.45, 7) is 1.96. The number of anilines is 2. The van der Waals surface area contributed by atoms with E-state index >= 15 is 0 Å². The Kier molecular flexibility index (Phi) is 5.96. The first-order valence-electron chi connectivity index (χ1n) is 8.60. The van der Waals surface area contributed by atoms with Gasteiger partial charge in [0.1, 0.15) is 5.75 Å². The van der Waals surface area contributed by atoms with Crippen molar-refractivity contribution in [2.75, 3.05) is 17.7 Å². The summed E-state index contributed by atoms with van der Waals surface area (Å²) in [7, 11) is 1.49. The van der Waals surface area contributed by atoms with Gasteiger partial charge < -0.3 is 15.4 Å². The Bertz CT molecular complexity index is 1020. The number of halogens is 1. The van der Waals surface area contributed by atoms with Gasteiger partial charge in [-0.15, -0.1) is 0 Å². The van der Waals surface area contributed by atoms with Crippen LogP contribution in [0.2, 0.25) is 5.02 Å². The summed E-state index contributed by atoms with van der Waals surface area (Å²) in [5.74, 6) is -0.155. The molecule has 0 saturated carbocycles. The van der Waals surface area contributed by atoms with Crippen molar-refractivity contribution >= 4 is 34.8 Å². The Labute approximate surface area is 168 Å². The van der Waals surface area contributed by atoms with Crippen molar-refractivity contribution in [2.24, 2.45) is 0 Å². The number of ether oxygens (including phenoxy) is 1. The third-order valence-corrected chi connectivity index (χ3v) is 4.47. The fourth-order valence-electron chi connectivity index (χ4n) is 2.62. The van der Waals surface area contributed by atoms with E-state index in [9.17, 15) is 9.59 Å². The number of hydrogen-bond acceptors (Lipinski definition) is 3. The first-order chi connectivity index (χ1) is 13.5. The quantitative estimate of drug-likeness (QED) is 0.628. The maximum atomic E-state index is 12.5. The molecule has 3 aromatic rings. The minimum absolute atomic E-state index is 0.227. The van der Waals surface area contributed by atoms with Gasteiger partial charge in [-0.25, -0.2) is 0 Å². The topological polar surface area (TPSA) is 67.4 Å². The molecule has 0 spiro atoms. The van der Waals surface area contributed by atoms with Crippen LogP contribution in [0.25, 0.3) is 0 Å². The lowest BCUT2D eigenvalue weighted by atomic mass is 10.1. The zero-order chi connectivity index (χ0) is 20.1. The molecule has 2 amide bonds. The monoisotopic (exact) mass is 394 g/mol. The molecule has 3 aromatic carbocycles. The largest absolute Gasteiger partial charge is 0.494 e. The second-order valence-corrected chi connectivity index (χ2v) is 6.58. The van der Waals surface area contributed by atoms with Crippen molar-refractivity contribution in [3.8, 4) is 5.75 Å². The number of hydrogen-bond donors (Lipinski definition) is 2. The Balaban J connectivity index is 1.76. The van der Waals surface area contributed by atoms with Crippen molar-refractivity contribution in [1.82, 2.24) is 0 Å². The molecule has 0 radical (unpaired) electrons. The highest BCUT2D eigenvalue weighted by molar-refractivity contribution is 6.34. The molecule has 0 aromatic heterocycles. The van der Waals surface area contributed by atoms with Crippen LogP contribution >= 0.6 is 11.6 Å².